The largest absolute Gasteiger partial charge is 0.366 e. The molecule has 0 spiro atoms. The van der Waals surface area contributed by atoms with Crippen LogP contribution in [0.4, 0.5) is 11.5 Å². The van der Waals surface area contributed by atoms with E-state index in [-0.39, 0.29) is 11.7 Å². The van der Waals surface area contributed by atoms with Gasteiger partial charge in [0.1, 0.15) is 12.0 Å². The minimum Gasteiger partial charge on any atom is -0.366 e. The van der Waals surface area contributed by atoms with Crippen molar-refractivity contribution in [2.45, 2.75) is 25.8 Å². The molecule has 1 N–H and O–H groups in total. The molecule has 0 amide bonds. The Balaban J connectivity index is 1.81. The highest BCUT2D eigenvalue weighted by Gasteiger charge is 2.23. The van der Waals surface area contributed by atoms with Crippen LogP contribution in [-0.2, 0) is 12.8 Å². The van der Waals surface area contributed by atoms with E-state index < -0.39 is 4.92 Å². The molecule has 2 aromatic rings. The van der Waals surface area contributed by atoms with Crippen LogP contribution < -0.4 is 5.32 Å². The summed E-state index contributed by atoms with van der Waals surface area (Å²) in [4.78, 5) is 14.7. The fraction of sp³-hybridized carbons (Fsp3) is 0.267. The van der Waals surface area contributed by atoms with Gasteiger partial charge in [-0.05, 0) is 46.8 Å². The van der Waals surface area contributed by atoms with Gasteiger partial charge in [0.05, 0.1) is 9.40 Å². The van der Waals surface area contributed by atoms with Gasteiger partial charge in [0.2, 0.25) is 0 Å². The van der Waals surface area contributed by atoms with Crippen molar-refractivity contribution in [3.63, 3.8) is 0 Å². The lowest BCUT2D eigenvalue weighted by Crippen LogP contribution is -2.20. The minimum absolute atomic E-state index is 0.0298. The highest BCUT2D eigenvalue weighted by Crippen LogP contribution is 2.32. The van der Waals surface area contributed by atoms with Crippen LogP contribution in [0.15, 0.2) is 34.9 Å². The topological polar surface area (TPSA) is 68.1 Å². The molecule has 1 aliphatic rings. The predicted octanol–water partition coefficient (Wildman–Crippen LogP) is 3.64. The van der Waals surface area contributed by atoms with E-state index in [1.54, 1.807) is 6.92 Å². The van der Waals surface area contributed by atoms with Crippen LogP contribution in [-0.4, -0.2) is 15.9 Å². The molecule has 0 saturated carbocycles. The molecule has 0 bridgehead atoms. The van der Waals surface area contributed by atoms with Crippen molar-refractivity contribution in [3.8, 4) is 0 Å². The van der Waals surface area contributed by atoms with E-state index in [2.05, 4.69) is 38.4 Å². The van der Waals surface area contributed by atoms with Crippen LogP contribution in [0, 0.1) is 17.0 Å². The first-order chi connectivity index (χ1) is 10.1. The average molecular weight is 348 g/mol. The number of pyridine rings is 1. The molecule has 0 atom stereocenters. The average Bonchev–Trinajstić information content (AvgIpc) is 2.86. The molecule has 0 unspecified atom stereocenters. The van der Waals surface area contributed by atoms with Crippen molar-refractivity contribution in [2.75, 3.05) is 5.32 Å². The first-order valence-corrected chi connectivity index (χ1v) is 7.48. The monoisotopic (exact) mass is 347 g/mol. The highest BCUT2D eigenvalue weighted by atomic mass is 79.9. The lowest BCUT2D eigenvalue weighted by Gasteiger charge is -2.15. The maximum absolute atomic E-state index is 10.9. The number of hydrogen-bond donors (Lipinski definition) is 1. The second kappa shape index (κ2) is 5.44. The number of fused-ring (bicyclic) bond motifs is 1. The van der Waals surface area contributed by atoms with Gasteiger partial charge in [0, 0.05) is 11.6 Å². The zero-order chi connectivity index (χ0) is 15.0. The van der Waals surface area contributed by atoms with Crippen molar-refractivity contribution in [1.29, 1.82) is 0 Å². The molecular weight excluding hydrogens is 334 g/mol. The van der Waals surface area contributed by atoms with Crippen molar-refractivity contribution < 1.29 is 4.92 Å². The summed E-state index contributed by atoms with van der Waals surface area (Å²) in [6.07, 6.45) is 3.20. The van der Waals surface area contributed by atoms with Crippen LogP contribution in [0.1, 0.15) is 16.7 Å². The van der Waals surface area contributed by atoms with Gasteiger partial charge >= 0.3 is 0 Å². The molecule has 1 aliphatic carbocycles. The van der Waals surface area contributed by atoms with Gasteiger partial charge in [-0.15, -0.1) is 0 Å². The molecular formula is C15H14BrN3O2. The minimum atomic E-state index is -0.414. The maximum atomic E-state index is 10.9. The Labute approximate surface area is 130 Å². The van der Waals surface area contributed by atoms with E-state index in [4.69, 9.17) is 0 Å². The Morgan fingerprint density at radius 3 is 2.52 bits per heavy atom. The summed E-state index contributed by atoms with van der Waals surface area (Å²) in [5.74, 6) is 0.663. The molecule has 6 heteroatoms. The Morgan fingerprint density at radius 2 is 1.95 bits per heavy atom. The molecule has 5 nitrogen and oxygen atoms in total. The number of nitrogens with one attached hydrogen (secondary N) is 1. The highest BCUT2D eigenvalue weighted by molar-refractivity contribution is 9.10. The predicted molar refractivity (Wildman–Crippen MR) is 84.6 cm³/mol. The standard InChI is InChI=1S/C15H14BrN3O2/c1-9-13(19(20)21)8-17-15(14(9)16)18-12-6-10-4-2-3-5-11(10)7-12/h2-5,8,12H,6-7H2,1H3,(H,17,18). The Bertz CT molecular complexity index is 693. The summed E-state index contributed by atoms with van der Waals surface area (Å²) in [5, 5.41) is 14.3. The summed E-state index contributed by atoms with van der Waals surface area (Å²) in [6, 6.07) is 8.64. The number of nitrogens with zero attached hydrogens (tertiary/aromatic N) is 2. The quantitative estimate of drug-likeness (QED) is 0.679. The lowest BCUT2D eigenvalue weighted by molar-refractivity contribution is -0.385. The van der Waals surface area contributed by atoms with E-state index >= 15 is 0 Å². The van der Waals surface area contributed by atoms with Crippen LogP contribution in [0.2, 0.25) is 0 Å². The molecule has 0 saturated heterocycles. The second-order valence-corrected chi connectivity index (χ2v) is 6.00. The molecule has 3 rings (SSSR count). The van der Waals surface area contributed by atoms with Gasteiger partial charge in [-0.25, -0.2) is 4.98 Å². The number of anilines is 1. The van der Waals surface area contributed by atoms with E-state index in [0.29, 0.717) is 15.9 Å². The van der Waals surface area contributed by atoms with Crippen molar-refractivity contribution in [3.05, 3.63) is 61.7 Å². The number of hydrogen-bond acceptors (Lipinski definition) is 4. The van der Waals surface area contributed by atoms with E-state index in [0.717, 1.165) is 12.8 Å². The summed E-state index contributed by atoms with van der Waals surface area (Å²) in [6.45, 7) is 1.72. The van der Waals surface area contributed by atoms with Gasteiger partial charge in [0.15, 0.2) is 0 Å². The van der Waals surface area contributed by atoms with Crippen LogP contribution in [0.3, 0.4) is 0 Å². The zero-order valence-corrected chi connectivity index (χ0v) is 13.1. The third-order valence-corrected chi connectivity index (χ3v) is 4.80. The van der Waals surface area contributed by atoms with Gasteiger partial charge in [-0.1, -0.05) is 24.3 Å². The molecule has 0 aliphatic heterocycles. The fourth-order valence-corrected chi connectivity index (χ4v) is 3.13. The van der Waals surface area contributed by atoms with E-state index in [1.807, 2.05) is 12.1 Å². The number of aromatic nitrogens is 1. The normalized spacial score (nSPS) is 14.0. The first-order valence-electron chi connectivity index (χ1n) is 6.69. The summed E-state index contributed by atoms with van der Waals surface area (Å²) in [5.41, 5.74) is 3.32. The fourth-order valence-electron chi connectivity index (χ4n) is 2.71. The first kappa shape index (κ1) is 14.0. The Hall–Kier alpha value is -1.95. The van der Waals surface area contributed by atoms with Gasteiger partial charge in [-0.3, -0.25) is 10.1 Å². The third kappa shape index (κ3) is 2.63. The maximum Gasteiger partial charge on any atom is 0.291 e. The summed E-state index contributed by atoms with van der Waals surface area (Å²) < 4.78 is 0.660. The molecule has 1 heterocycles. The number of nitro groups is 1. The smallest absolute Gasteiger partial charge is 0.291 e. The molecule has 0 radical (unpaired) electrons. The van der Waals surface area contributed by atoms with Crippen molar-refractivity contribution in [2.24, 2.45) is 0 Å². The third-order valence-electron chi connectivity index (χ3n) is 3.83. The van der Waals surface area contributed by atoms with Crippen LogP contribution in [0.5, 0.6) is 0 Å². The molecule has 1 aromatic heterocycles. The SMILES string of the molecule is Cc1c([N+](=O)[O-])cnc(NC2Cc3ccccc3C2)c1Br. The van der Waals surface area contributed by atoms with E-state index in [1.165, 1.54) is 17.3 Å². The van der Waals surface area contributed by atoms with Gasteiger partial charge < -0.3 is 5.32 Å². The Morgan fingerprint density at radius 1 is 1.33 bits per heavy atom. The summed E-state index contributed by atoms with van der Waals surface area (Å²) in [7, 11) is 0. The summed E-state index contributed by atoms with van der Waals surface area (Å²) >= 11 is 3.41. The zero-order valence-electron chi connectivity index (χ0n) is 11.5. The molecule has 1 aromatic carbocycles. The molecule has 21 heavy (non-hydrogen) atoms. The number of benzene rings is 1. The lowest BCUT2D eigenvalue weighted by atomic mass is 10.1. The van der Waals surface area contributed by atoms with Crippen molar-refractivity contribution in [1.82, 2.24) is 4.98 Å². The van der Waals surface area contributed by atoms with Crippen molar-refractivity contribution >= 4 is 27.4 Å². The molecule has 0 fully saturated rings. The Kier molecular flexibility index (Phi) is 3.63. The number of rotatable bonds is 3. The molecule has 108 valence electrons. The van der Waals surface area contributed by atoms with Crippen LogP contribution in [0.25, 0.3) is 0 Å². The number of halogens is 1. The van der Waals surface area contributed by atoms with Gasteiger partial charge in [0.25, 0.3) is 5.69 Å². The second-order valence-electron chi connectivity index (χ2n) is 5.21. The van der Waals surface area contributed by atoms with E-state index in [9.17, 15) is 10.1 Å². The van der Waals surface area contributed by atoms with Gasteiger partial charge in [-0.2, -0.15) is 0 Å². The van der Waals surface area contributed by atoms with Crippen LogP contribution >= 0.6 is 15.9 Å².